The molecule has 1 heterocycles. The quantitative estimate of drug-likeness (QED) is 0.744. The molecule has 0 spiro atoms. The SMILES string of the molecule is Cc1cccc(C(=O)NC(C)C(=O)NCc2ccc(C(=O)N3CCN(C)CC3)cc2)c1. The number of hydrogen-bond donors (Lipinski definition) is 2. The van der Waals surface area contributed by atoms with E-state index >= 15 is 0 Å². The van der Waals surface area contributed by atoms with Crippen molar-refractivity contribution in [1.82, 2.24) is 20.4 Å². The summed E-state index contributed by atoms with van der Waals surface area (Å²) in [5.74, 6) is -0.507. The standard InChI is InChI=1S/C24H30N4O3/c1-17-5-4-6-21(15-17)23(30)26-18(2)22(29)25-16-19-7-9-20(10-8-19)24(31)28-13-11-27(3)12-14-28/h4-10,15,18H,11-14,16H2,1-3H3,(H,25,29)(H,26,30). The molecule has 1 atom stereocenters. The van der Waals surface area contributed by atoms with E-state index in [0.717, 1.165) is 37.3 Å². The number of nitrogens with zero attached hydrogens (tertiary/aromatic N) is 2. The summed E-state index contributed by atoms with van der Waals surface area (Å²) < 4.78 is 0. The van der Waals surface area contributed by atoms with Crippen LogP contribution in [0.25, 0.3) is 0 Å². The second kappa shape index (κ2) is 10.2. The van der Waals surface area contributed by atoms with Crippen LogP contribution in [0.1, 0.15) is 38.8 Å². The van der Waals surface area contributed by atoms with E-state index in [1.807, 2.05) is 36.1 Å². The Morgan fingerprint density at radius 2 is 1.65 bits per heavy atom. The Balaban J connectivity index is 1.48. The minimum absolute atomic E-state index is 0.0381. The van der Waals surface area contributed by atoms with Crippen LogP contribution in [0.3, 0.4) is 0 Å². The molecule has 3 amide bonds. The fraction of sp³-hybridized carbons (Fsp3) is 0.375. The highest BCUT2D eigenvalue weighted by molar-refractivity contribution is 5.97. The summed E-state index contributed by atoms with van der Waals surface area (Å²) in [7, 11) is 2.06. The van der Waals surface area contributed by atoms with Gasteiger partial charge in [0.15, 0.2) is 0 Å². The summed E-state index contributed by atoms with van der Waals surface area (Å²) in [6, 6.07) is 13.9. The van der Waals surface area contributed by atoms with Crippen molar-refractivity contribution in [3.8, 4) is 0 Å². The molecule has 0 aliphatic carbocycles. The molecule has 0 bridgehead atoms. The summed E-state index contributed by atoms with van der Waals surface area (Å²) in [6.45, 7) is 7.13. The van der Waals surface area contributed by atoms with Gasteiger partial charge in [0.25, 0.3) is 11.8 Å². The number of aryl methyl sites for hydroxylation is 1. The largest absolute Gasteiger partial charge is 0.350 e. The molecule has 1 unspecified atom stereocenters. The first-order valence-electron chi connectivity index (χ1n) is 10.6. The van der Waals surface area contributed by atoms with Gasteiger partial charge in [0.2, 0.25) is 5.91 Å². The molecular weight excluding hydrogens is 392 g/mol. The summed E-state index contributed by atoms with van der Waals surface area (Å²) in [6.07, 6.45) is 0. The monoisotopic (exact) mass is 422 g/mol. The van der Waals surface area contributed by atoms with Crippen molar-refractivity contribution in [2.75, 3.05) is 33.2 Å². The van der Waals surface area contributed by atoms with E-state index in [1.165, 1.54) is 0 Å². The second-order valence-corrected chi connectivity index (χ2v) is 8.07. The van der Waals surface area contributed by atoms with Crippen molar-refractivity contribution in [2.45, 2.75) is 26.4 Å². The second-order valence-electron chi connectivity index (χ2n) is 8.07. The predicted octanol–water partition coefficient (Wildman–Crippen LogP) is 1.82. The predicted molar refractivity (Wildman–Crippen MR) is 120 cm³/mol. The van der Waals surface area contributed by atoms with Crippen molar-refractivity contribution >= 4 is 17.7 Å². The Bertz CT molecular complexity index is 934. The molecule has 7 nitrogen and oxygen atoms in total. The average molecular weight is 423 g/mol. The molecule has 1 fully saturated rings. The maximum Gasteiger partial charge on any atom is 0.253 e. The zero-order valence-electron chi connectivity index (χ0n) is 18.4. The van der Waals surface area contributed by atoms with Gasteiger partial charge in [-0.05, 0) is 50.7 Å². The minimum atomic E-state index is -0.661. The van der Waals surface area contributed by atoms with Crippen LogP contribution in [0.4, 0.5) is 0 Å². The van der Waals surface area contributed by atoms with Crippen molar-refractivity contribution in [1.29, 1.82) is 0 Å². The lowest BCUT2D eigenvalue weighted by Crippen LogP contribution is -2.47. The van der Waals surface area contributed by atoms with E-state index in [2.05, 4.69) is 22.6 Å². The number of benzene rings is 2. The van der Waals surface area contributed by atoms with Crippen LogP contribution in [-0.4, -0.2) is 66.8 Å². The van der Waals surface area contributed by atoms with Crippen LogP contribution >= 0.6 is 0 Å². The smallest absolute Gasteiger partial charge is 0.253 e. The maximum atomic E-state index is 12.6. The van der Waals surface area contributed by atoms with Gasteiger partial charge in [-0.1, -0.05) is 29.8 Å². The Kier molecular flexibility index (Phi) is 7.41. The summed E-state index contributed by atoms with van der Waals surface area (Å²) in [5, 5.41) is 5.55. The van der Waals surface area contributed by atoms with Gasteiger partial charge in [-0.2, -0.15) is 0 Å². The molecule has 164 valence electrons. The Hall–Kier alpha value is -3.19. The van der Waals surface area contributed by atoms with Gasteiger partial charge in [0.1, 0.15) is 6.04 Å². The van der Waals surface area contributed by atoms with Crippen LogP contribution in [0.15, 0.2) is 48.5 Å². The van der Waals surface area contributed by atoms with Gasteiger partial charge in [0.05, 0.1) is 0 Å². The molecule has 1 aliphatic rings. The number of nitrogens with one attached hydrogen (secondary N) is 2. The first-order chi connectivity index (χ1) is 14.8. The summed E-state index contributed by atoms with van der Waals surface area (Å²) >= 11 is 0. The number of hydrogen-bond acceptors (Lipinski definition) is 4. The van der Waals surface area contributed by atoms with Gasteiger partial charge >= 0.3 is 0 Å². The fourth-order valence-electron chi connectivity index (χ4n) is 3.43. The summed E-state index contributed by atoms with van der Waals surface area (Å²) in [4.78, 5) is 41.4. The van der Waals surface area contributed by atoms with Crippen molar-refractivity contribution in [3.05, 3.63) is 70.8 Å². The number of amides is 3. The molecule has 1 saturated heterocycles. The number of piperazine rings is 1. The molecule has 2 aromatic rings. The lowest BCUT2D eigenvalue weighted by atomic mass is 10.1. The highest BCUT2D eigenvalue weighted by Gasteiger charge is 2.20. The minimum Gasteiger partial charge on any atom is -0.350 e. The molecule has 0 aromatic heterocycles. The Labute approximate surface area is 183 Å². The van der Waals surface area contributed by atoms with Crippen molar-refractivity contribution in [2.24, 2.45) is 0 Å². The van der Waals surface area contributed by atoms with Crippen LogP contribution in [0, 0.1) is 6.92 Å². The third-order valence-electron chi connectivity index (χ3n) is 5.48. The molecule has 7 heteroatoms. The van der Waals surface area contributed by atoms with Crippen molar-refractivity contribution in [3.63, 3.8) is 0 Å². The normalized spacial score (nSPS) is 15.3. The first-order valence-corrected chi connectivity index (χ1v) is 10.6. The number of rotatable bonds is 6. The van der Waals surface area contributed by atoms with Gasteiger partial charge in [-0.3, -0.25) is 14.4 Å². The lowest BCUT2D eigenvalue weighted by Gasteiger charge is -2.32. The van der Waals surface area contributed by atoms with E-state index in [1.54, 1.807) is 31.2 Å². The lowest BCUT2D eigenvalue weighted by molar-refractivity contribution is -0.122. The molecule has 31 heavy (non-hydrogen) atoms. The highest BCUT2D eigenvalue weighted by atomic mass is 16.2. The topological polar surface area (TPSA) is 81.8 Å². The van der Waals surface area contributed by atoms with Gasteiger partial charge in [0, 0.05) is 43.9 Å². The Morgan fingerprint density at radius 3 is 2.29 bits per heavy atom. The molecule has 2 N–H and O–H groups in total. The summed E-state index contributed by atoms with van der Waals surface area (Å²) in [5.41, 5.74) is 3.05. The molecule has 2 aromatic carbocycles. The van der Waals surface area contributed by atoms with Crippen molar-refractivity contribution < 1.29 is 14.4 Å². The first kappa shape index (κ1) is 22.5. The third-order valence-corrected chi connectivity index (χ3v) is 5.48. The fourth-order valence-corrected chi connectivity index (χ4v) is 3.43. The van der Waals surface area contributed by atoms with Gasteiger partial charge in [-0.15, -0.1) is 0 Å². The van der Waals surface area contributed by atoms with Gasteiger partial charge in [-0.25, -0.2) is 0 Å². The number of carbonyl (C=O) groups excluding carboxylic acids is 3. The van der Waals surface area contributed by atoms with Crippen LogP contribution in [-0.2, 0) is 11.3 Å². The van der Waals surface area contributed by atoms with Gasteiger partial charge < -0.3 is 20.4 Å². The number of carbonyl (C=O) groups is 3. The zero-order valence-corrected chi connectivity index (χ0v) is 18.4. The zero-order chi connectivity index (χ0) is 22.4. The molecular formula is C24H30N4O3. The van der Waals surface area contributed by atoms with E-state index in [0.29, 0.717) is 17.7 Å². The Morgan fingerprint density at radius 1 is 0.968 bits per heavy atom. The van der Waals surface area contributed by atoms with E-state index in [4.69, 9.17) is 0 Å². The van der Waals surface area contributed by atoms with E-state index in [-0.39, 0.29) is 17.7 Å². The maximum absolute atomic E-state index is 12.6. The number of likely N-dealkylation sites (N-methyl/N-ethyl adjacent to an activating group) is 1. The molecule has 1 aliphatic heterocycles. The molecule has 0 saturated carbocycles. The van der Waals surface area contributed by atoms with Crippen LogP contribution in [0.2, 0.25) is 0 Å². The van der Waals surface area contributed by atoms with E-state index < -0.39 is 6.04 Å². The van der Waals surface area contributed by atoms with Crippen LogP contribution < -0.4 is 10.6 Å². The van der Waals surface area contributed by atoms with Crippen LogP contribution in [0.5, 0.6) is 0 Å². The van der Waals surface area contributed by atoms with E-state index in [9.17, 15) is 14.4 Å². The third kappa shape index (κ3) is 6.15. The molecule has 3 rings (SSSR count). The molecule has 0 radical (unpaired) electrons. The highest BCUT2D eigenvalue weighted by Crippen LogP contribution is 2.10. The average Bonchev–Trinajstić information content (AvgIpc) is 2.77.